The van der Waals surface area contributed by atoms with E-state index in [0.29, 0.717) is 0 Å². The second kappa shape index (κ2) is 6.18. The predicted octanol–water partition coefficient (Wildman–Crippen LogP) is 2.46. The molecule has 1 fully saturated rings. The molecule has 0 spiro atoms. The van der Waals surface area contributed by atoms with Crippen LogP contribution in [0.4, 0.5) is 5.82 Å². The lowest BCUT2D eigenvalue weighted by atomic mass is 9.97. The van der Waals surface area contributed by atoms with E-state index in [1.165, 1.54) is 12.8 Å². The average Bonchev–Trinajstić information content (AvgIpc) is 2.53. The van der Waals surface area contributed by atoms with Crippen molar-refractivity contribution >= 4 is 16.7 Å². The predicted molar refractivity (Wildman–Crippen MR) is 83.0 cm³/mol. The molecular formula is C16H22N4. The second-order valence-electron chi connectivity index (χ2n) is 5.45. The van der Waals surface area contributed by atoms with E-state index >= 15 is 0 Å². The van der Waals surface area contributed by atoms with E-state index in [9.17, 15) is 0 Å². The highest BCUT2D eigenvalue weighted by Gasteiger charge is 2.18. The molecule has 0 radical (unpaired) electrons. The van der Waals surface area contributed by atoms with Crippen molar-refractivity contribution in [1.82, 2.24) is 15.3 Å². The van der Waals surface area contributed by atoms with Crippen LogP contribution in [0.15, 0.2) is 30.6 Å². The Hall–Kier alpha value is -1.68. The van der Waals surface area contributed by atoms with Crippen LogP contribution >= 0.6 is 0 Å². The average molecular weight is 270 g/mol. The number of benzene rings is 1. The zero-order chi connectivity index (χ0) is 13.8. The standard InChI is InChI=1S/C16H22N4/c1-2-20(11-13-7-9-17-10-8-13)16-14-5-3-4-6-15(14)18-12-19-16/h3-6,12-13,17H,2,7-11H2,1H3. The van der Waals surface area contributed by atoms with Crippen LogP contribution in [-0.2, 0) is 0 Å². The van der Waals surface area contributed by atoms with Gasteiger partial charge in [0, 0.05) is 18.5 Å². The molecule has 3 rings (SSSR count). The van der Waals surface area contributed by atoms with Crippen LogP contribution in [0.1, 0.15) is 19.8 Å². The third-order valence-electron chi connectivity index (χ3n) is 4.14. The van der Waals surface area contributed by atoms with E-state index in [1.54, 1.807) is 6.33 Å². The highest BCUT2D eigenvalue weighted by Crippen LogP contribution is 2.24. The molecule has 0 aliphatic carbocycles. The van der Waals surface area contributed by atoms with Gasteiger partial charge in [0.15, 0.2) is 0 Å². The minimum atomic E-state index is 0.768. The quantitative estimate of drug-likeness (QED) is 0.926. The van der Waals surface area contributed by atoms with Gasteiger partial charge in [0.2, 0.25) is 0 Å². The summed E-state index contributed by atoms with van der Waals surface area (Å²) in [6.07, 6.45) is 4.21. The minimum Gasteiger partial charge on any atom is -0.356 e. The summed E-state index contributed by atoms with van der Waals surface area (Å²) in [7, 11) is 0. The number of anilines is 1. The van der Waals surface area contributed by atoms with Crippen molar-refractivity contribution in [3.63, 3.8) is 0 Å². The van der Waals surface area contributed by atoms with Gasteiger partial charge in [-0.3, -0.25) is 0 Å². The van der Waals surface area contributed by atoms with Gasteiger partial charge in [-0.15, -0.1) is 0 Å². The first-order valence-corrected chi connectivity index (χ1v) is 7.54. The van der Waals surface area contributed by atoms with E-state index in [2.05, 4.69) is 45.3 Å². The van der Waals surface area contributed by atoms with Gasteiger partial charge in [-0.05, 0) is 50.9 Å². The van der Waals surface area contributed by atoms with Gasteiger partial charge in [0.25, 0.3) is 0 Å². The molecule has 0 unspecified atom stereocenters. The molecule has 1 saturated heterocycles. The summed E-state index contributed by atoms with van der Waals surface area (Å²) >= 11 is 0. The Bertz CT molecular complexity index is 558. The van der Waals surface area contributed by atoms with E-state index in [4.69, 9.17) is 0 Å². The van der Waals surface area contributed by atoms with E-state index in [0.717, 1.165) is 48.8 Å². The molecule has 106 valence electrons. The van der Waals surface area contributed by atoms with Gasteiger partial charge in [0.1, 0.15) is 12.1 Å². The Morgan fingerprint density at radius 2 is 2.00 bits per heavy atom. The molecule has 4 nitrogen and oxygen atoms in total. The fraction of sp³-hybridized carbons (Fsp3) is 0.500. The molecule has 1 aromatic heterocycles. The number of hydrogen-bond acceptors (Lipinski definition) is 4. The molecular weight excluding hydrogens is 248 g/mol. The topological polar surface area (TPSA) is 41.0 Å². The maximum atomic E-state index is 4.54. The number of piperidine rings is 1. The van der Waals surface area contributed by atoms with Crippen molar-refractivity contribution in [3.05, 3.63) is 30.6 Å². The van der Waals surface area contributed by atoms with Crippen molar-refractivity contribution in [3.8, 4) is 0 Å². The van der Waals surface area contributed by atoms with Crippen LogP contribution in [0.25, 0.3) is 10.9 Å². The molecule has 2 heterocycles. The Labute approximate surface area is 120 Å². The highest BCUT2D eigenvalue weighted by atomic mass is 15.2. The van der Waals surface area contributed by atoms with Gasteiger partial charge >= 0.3 is 0 Å². The maximum Gasteiger partial charge on any atom is 0.139 e. The van der Waals surface area contributed by atoms with Crippen molar-refractivity contribution in [2.75, 3.05) is 31.1 Å². The summed E-state index contributed by atoms with van der Waals surface area (Å²) in [6.45, 7) is 6.58. The smallest absolute Gasteiger partial charge is 0.139 e. The SMILES string of the molecule is CCN(CC1CCNCC1)c1ncnc2ccccc12. The summed E-state index contributed by atoms with van der Waals surface area (Å²) in [6, 6.07) is 8.27. The van der Waals surface area contributed by atoms with Crippen LogP contribution in [-0.4, -0.2) is 36.1 Å². The van der Waals surface area contributed by atoms with Crippen molar-refractivity contribution in [1.29, 1.82) is 0 Å². The van der Waals surface area contributed by atoms with E-state index in [-0.39, 0.29) is 0 Å². The van der Waals surface area contributed by atoms with Gasteiger partial charge < -0.3 is 10.2 Å². The number of aromatic nitrogens is 2. The third-order valence-corrected chi connectivity index (χ3v) is 4.14. The fourth-order valence-corrected chi connectivity index (χ4v) is 2.98. The number of nitrogens with one attached hydrogen (secondary N) is 1. The first kappa shape index (κ1) is 13.3. The maximum absolute atomic E-state index is 4.54. The monoisotopic (exact) mass is 270 g/mol. The van der Waals surface area contributed by atoms with Gasteiger partial charge in [-0.1, -0.05) is 12.1 Å². The lowest BCUT2D eigenvalue weighted by Gasteiger charge is -2.30. The van der Waals surface area contributed by atoms with E-state index in [1.807, 2.05) is 6.07 Å². The molecule has 1 aliphatic rings. The van der Waals surface area contributed by atoms with Crippen LogP contribution < -0.4 is 10.2 Å². The van der Waals surface area contributed by atoms with Crippen LogP contribution in [0.5, 0.6) is 0 Å². The molecule has 1 aliphatic heterocycles. The molecule has 20 heavy (non-hydrogen) atoms. The molecule has 2 aromatic rings. The Kier molecular flexibility index (Phi) is 4.11. The number of rotatable bonds is 4. The first-order chi connectivity index (χ1) is 9.88. The second-order valence-corrected chi connectivity index (χ2v) is 5.45. The lowest BCUT2D eigenvalue weighted by Crippen LogP contribution is -2.36. The molecule has 4 heteroatoms. The molecule has 1 N–H and O–H groups in total. The summed E-state index contributed by atoms with van der Waals surface area (Å²) in [5, 5.41) is 4.59. The molecule has 0 saturated carbocycles. The summed E-state index contributed by atoms with van der Waals surface area (Å²) < 4.78 is 0. The summed E-state index contributed by atoms with van der Waals surface area (Å²) in [5.74, 6) is 1.85. The number of hydrogen-bond donors (Lipinski definition) is 1. The van der Waals surface area contributed by atoms with Crippen LogP contribution in [0.2, 0.25) is 0 Å². The Morgan fingerprint density at radius 1 is 1.20 bits per heavy atom. The number of fused-ring (bicyclic) bond motifs is 1. The summed E-state index contributed by atoms with van der Waals surface area (Å²) in [5.41, 5.74) is 1.03. The van der Waals surface area contributed by atoms with Crippen molar-refractivity contribution in [2.24, 2.45) is 5.92 Å². The minimum absolute atomic E-state index is 0.768. The number of nitrogens with zero attached hydrogens (tertiary/aromatic N) is 3. The van der Waals surface area contributed by atoms with Gasteiger partial charge in [-0.25, -0.2) is 9.97 Å². The highest BCUT2D eigenvalue weighted by molar-refractivity contribution is 5.89. The third kappa shape index (κ3) is 2.75. The molecule has 1 aromatic carbocycles. The van der Waals surface area contributed by atoms with Crippen molar-refractivity contribution < 1.29 is 0 Å². The molecule has 0 bridgehead atoms. The number of para-hydroxylation sites is 1. The zero-order valence-corrected chi connectivity index (χ0v) is 12.0. The largest absolute Gasteiger partial charge is 0.356 e. The normalized spacial score (nSPS) is 16.4. The Morgan fingerprint density at radius 3 is 2.80 bits per heavy atom. The lowest BCUT2D eigenvalue weighted by molar-refractivity contribution is 0.374. The van der Waals surface area contributed by atoms with Gasteiger partial charge in [0.05, 0.1) is 5.52 Å². The Balaban J connectivity index is 1.86. The van der Waals surface area contributed by atoms with Crippen LogP contribution in [0.3, 0.4) is 0 Å². The molecule has 0 amide bonds. The molecule has 0 atom stereocenters. The van der Waals surface area contributed by atoms with Gasteiger partial charge in [-0.2, -0.15) is 0 Å². The first-order valence-electron chi connectivity index (χ1n) is 7.54. The van der Waals surface area contributed by atoms with Crippen LogP contribution in [0, 0.1) is 5.92 Å². The fourth-order valence-electron chi connectivity index (χ4n) is 2.98. The zero-order valence-electron chi connectivity index (χ0n) is 12.0. The summed E-state index contributed by atoms with van der Waals surface area (Å²) in [4.78, 5) is 11.3. The van der Waals surface area contributed by atoms with Crippen molar-refractivity contribution in [2.45, 2.75) is 19.8 Å². The van der Waals surface area contributed by atoms with E-state index < -0.39 is 0 Å².